The highest BCUT2D eigenvalue weighted by atomic mass is 16.6. The molecule has 4 aromatic heterocycles. The van der Waals surface area contributed by atoms with Gasteiger partial charge in [0.25, 0.3) is 11.8 Å². The van der Waals surface area contributed by atoms with Crippen LogP contribution in [-0.4, -0.2) is 60.8 Å². The van der Waals surface area contributed by atoms with Crippen LogP contribution in [0.2, 0.25) is 0 Å². The Morgan fingerprint density at radius 2 is 1.73 bits per heavy atom. The summed E-state index contributed by atoms with van der Waals surface area (Å²) in [6, 6.07) is 1.45. The van der Waals surface area contributed by atoms with Crippen molar-refractivity contribution in [1.29, 1.82) is 0 Å². The largest absolute Gasteiger partial charge is 0.491 e. The fourth-order valence-electron chi connectivity index (χ4n) is 2.93. The van der Waals surface area contributed by atoms with Crippen molar-refractivity contribution in [2.45, 2.75) is 13.6 Å². The molecule has 2 N–H and O–H groups in total. The molecule has 16 nitrogen and oxygen atoms in total. The Morgan fingerprint density at radius 3 is 2.39 bits per heavy atom. The van der Waals surface area contributed by atoms with Crippen LogP contribution in [0.15, 0.2) is 31.0 Å². The van der Waals surface area contributed by atoms with E-state index >= 15 is 0 Å². The summed E-state index contributed by atoms with van der Waals surface area (Å²) in [7, 11) is 3.33. The second-order valence-electron chi connectivity index (χ2n) is 6.93. The average Bonchev–Trinajstić information content (AvgIpc) is 3.55. The fraction of sp³-hybridized carbons (Fsp3) is 0.235. The number of carbonyl (C=O) groups is 2. The van der Waals surface area contributed by atoms with Crippen LogP contribution in [0.5, 0.6) is 0 Å². The Kier molecular flexibility index (Phi) is 5.39. The van der Waals surface area contributed by atoms with E-state index in [2.05, 4.69) is 36.0 Å². The second-order valence-corrected chi connectivity index (χ2v) is 6.93. The van der Waals surface area contributed by atoms with Gasteiger partial charge in [-0.25, -0.2) is 4.68 Å². The fourth-order valence-corrected chi connectivity index (χ4v) is 2.93. The zero-order chi connectivity index (χ0) is 23.7. The number of nitro groups is 1. The topological polar surface area (TPSA) is 186 Å². The molecule has 0 aromatic carbocycles. The molecule has 33 heavy (non-hydrogen) atoms. The lowest BCUT2D eigenvalue weighted by Gasteiger charge is -2.08. The molecule has 0 aliphatic carbocycles. The van der Waals surface area contributed by atoms with Crippen molar-refractivity contribution in [3.8, 4) is 0 Å². The van der Waals surface area contributed by atoms with Gasteiger partial charge in [0.15, 0.2) is 12.4 Å². The molecule has 0 fully saturated rings. The molecule has 4 rings (SSSR count). The first-order valence-corrected chi connectivity index (χ1v) is 9.43. The van der Waals surface area contributed by atoms with Crippen LogP contribution in [0.4, 0.5) is 17.3 Å². The van der Waals surface area contributed by atoms with E-state index in [9.17, 15) is 19.7 Å². The summed E-state index contributed by atoms with van der Waals surface area (Å²) in [4.78, 5) is 39.0. The number of nitrogens with one attached hydrogen (secondary N) is 2. The number of hydrogen-bond acceptors (Lipinski definition) is 9. The molecule has 0 aliphatic heterocycles. The van der Waals surface area contributed by atoms with Crippen LogP contribution in [0, 0.1) is 17.0 Å². The van der Waals surface area contributed by atoms with E-state index in [0.717, 1.165) is 5.69 Å². The van der Waals surface area contributed by atoms with Gasteiger partial charge in [0, 0.05) is 25.4 Å². The molecule has 0 atom stereocenters. The van der Waals surface area contributed by atoms with E-state index in [4.69, 9.17) is 0 Å². The molecular formula is C17H18N12O4. The predicted octanol–water partition coefficient (Wildman–Crippen LogP) is 0.169. The molecule has 0 saturated carbocycles. The van der Waals surface area contributed by atoms with E-state index in [1.54, 1.807) is 18.8 Å². The van der Waals surface area contributed by atoms with Gasteiger partial charge in [0.05, 0.1) is 29.5 Å². The van der Waals surface area contributed by atoms with E-state index < -0.39 is 22.7 Å². The van der Waals surface area contributed by atoms with Gasteiger partial charge < -0.3 is 20.7 Å². The Hall–Kier alpha value is -4.89. The Bertz CT molecular complexity index is 1360. The van der Waals surface area contributed by atoms with E-state index in [1.165, 1.54) is 45.0 Å². The van der Waals surface area contributed by atoms with Crippen molar-refractivity contribution in [2.75, 3.05) is 10.6 Å². The Balaban J connectivity index is 1.46. The highest BCUT2D eigenvalue weighted by Gasteiger charge is 2.22. The van der Waals surface area contributed by atoms with Crippen molar-refractivity contribution < 1.29 is 14.5 Å². The van der Waals surface area contributed by atoms with Crippen LogP contribution in [0.3, 0.4) is 0 Å². The third kappa shape index (κ3) is 4.29. The first kappa shape index (κ1) is 21.3. The second kappa shape index (κ2) is 8.33. The van der Waals surface area contributed by atoms with E-state index in [-0.39, 0.29) is 23.7 Å². The smallest absolute Gasteiger partial charge is 0.390 e. The van der Waals surface area contributed by atoms with Crippen LogP contribution >= 0.6 is 0 Å². The number of aromatic nitrogens is 9. The van der Waals surface area contributed by atoms with Crippen molar-refractivity contribution in [1.82, 2.24) is 44.1 Å². The summed E-state index contributed by atoms with van der Waals surface area (Å²) in [6.07, 6.45) is 5.57. The molecule has 0 bridgehead atoms. The van der Waals surface area contributed by atoms with Gasteiger partial charge in [-0.15, -0.1) is 0 Å². The summed E-state index contributed by atoms with van der Waals surface area (Å²) >= 11 is 0. The predicted molar refractivity (Wildman–Crippen MR) is 111 cm³/mol. The first-order chi connectivity index (χ1) is 15.7. The third-order valence-corrected chi connectivity index (χ3v) is 4.74. The average molecular weight is 454 g/mol. The van der Waals surface area contributed by atoms with Crippen LogP contribution < -0.4 is 10.6 Å². The lowest BCUT2D eigenvalue weighted by molar-refractivity contribution is -0.394. The van der Waals surface area contributed by atoms with Crippen molar-refractivity contribution in [3.05, 3.63) is 58.2 Å². The maximum absolute atomic E-state index is 12.8. The van der Waals surface area contributed by atoms with Gasteiger partial charge in [-0.2, -0.15) is 20.0 Å². The van der Waals surface area contributed by atoms with Crippen molar-refractivity contribution >= 4 is 29.1 Å². The highest BCUT2D eigenvalue weighted by molar-refractivity contribution is 6.11. The molecule has 170 valence electrons. The summed E-state index contributed by atoms with van der Waals surface area (Å²) in [5.41, 5.74) is 1.69. The number of carbonyl (C=O) groups excluding carboxylic acids is 2. The molecule has 0 saturated heterocycles. The molecule has 4 heterocycles. The zero-order valence-corrected chi connectivity index (χ0v) is 17.7. The number of hydrogen-bond donors (Lipinski definition) is 2. The van der Waals surface area contributed by atoms with Crippen molar-refractivity contribution in [3.63, 3.8) is 0 Å². The highest BCUT2D eigenvalue weighted by Crippen LogP contribution is 2.19. The SMILES string of the molecule is Cc1c(NC(=O)c2c(NC(=O)c3ccn(Cn4cnc([N+](=O)[O-])n4)n3)cnn2C)cnn1C. The summed E-state index contributed by atoms with van der Waals surface area (Å²) in [5.74, 6) is -1.58. The maximum atomic E-state index is 12.8. The number of amides is 2. The Morgan fingerprint density at radius 1 is 1.03 bits per heavy atom. The number of nitrogens with zero attached hydrogens (tertiary/aromatic N) is 10. The zero-order valence-electron chi connectivity index (χ0n) is 17.7. The van der Waals surface area contributed by atoms with E-state index in [1.807, 2.05) is 6.92 Å². The summed E-state index contributed by atoms with van der Waals surface area (Å²) < 4.78 is 5.52. The van der Waals surface area contributed by atoms with Gasteiger partial charge in [-0.3, -0.25) is 19.0 Å². The molecule has 0 spiro atoms. The monoisotopic (exact) mass is 454 g/mol. The molecular weight excluding hydrogens is 436 g/mol. The summed E-state index contributed by atoms with van der Waals surface area (Å²) in [6.45, 7) is 1.82. The van der Waals surface area contributed by atoms with Gasteiger partial charge in [0.1, 0.15) is 5.69 Å². The molecule has 2 amide bonds. The minimum atomic E-state index is -0.713. The number of rotatable bonds is 7. The van der Waals surface area contributed by atoms with Gasteiger partial charge >= 0.3 is 5.95 Å². The molecule has 0 radical (unpaired) electrons. The molecule has 16 heteroatoms. The quantitative estimate of drug-likeness (QED) is 0.290. The summed E-state index contributed by atoms with van der Waals surface area (Å²) in [5, 5.41) is 32.0. The lowest BCUT2D eigenvalue weighted by atomic mass is 10.3. The lowest BCUT2D eigenvalue weighted by Crippen LogP contribution is -2.21. The minimum Gasteiger partial charge on any atom is -0.390 e. The molecule has 4 aromatic rings. The molecule has 0 unspecified atom stereocenters. The minimum absolute atomic E-state index is 0.0130. The van der Waals surface area contributed by atoms with E-state index in [0.29, 0.717) is 5.69 Å². The van der Waals surface area contributed by atoms with Gasteiger partial charge in [-0.05, 0) is 17.9 Å². The van der Waals surface area contributed by atoms with Crippen LogP contribution in [-0.2, 0) is 20.8 Å². The molecule has 0 aliphatic rings. The Labute approximate surface area is 185 Å². The van der Waals surface area contributed by atoms with Gasteiger partial charge in [-0.1, -0.05) is 4.98 Å². The normalized spacial score (nSPS) is 10.9. The first-order valence-electron chi connectivity index (χ1n) is 9.43. The van der Waals surface area contributed by atoms with Gasteiger partial charge in [0.2, 0.25) is 6.33 Å². The number of aryl methyl sites for hydroxylation is 2. The van der Waals surface area contributed by atoms with Crippen LogP contribution in [0.1, 0.15) is 26.7 Å². The third-order valence-electron chi connectivity index (χ3n) is 4.74. The number of anilines is 2. The standard InChI is InChI=1S/C17H18N12O4/c1-10-12(6-19-25(10)2)21-16(31)14-13(7-20-26(14)3)22-15(30)11-4-5-27(23-11)9-28-8-18-17(24-28)29(32)33/h4-8H,9H2,1-3H3,(H,21,31)(H,22,30). The van der Waals surface area contributed by atoms with Crippen molar-refractivity contribution in [2.24, 2.45) is 14.1 Å². The van der Waals surface area contributed by atoms with Crippen LogP contribution in [0.25, 0.3) is 0 Å². The maximum Gasteiger partial charge on any atom is 0.491 e.